The minimum absolute atomic E-state index is 0.0655. The molecule has 1 aromatic rings. The Bertz CT molecular complexity index is 398. The van der Waals surface area contributed by atoms with Gasteiger partial charge < -0.3 is 10.4 Å². The zero-order chi connectivity index (χ0) is 14.3. The molecule has 0 aliphatic rings. The van der Waals surface area contributed by atoms with Crippen molar-refractivity contribution in [3.05, 3.63) is 29.6 Å². The lowest BCUT2D eigenvalue weighted by molar-refractivity contribution is -0.137. The third kappa shape index (κ3) is 5.69. The Hall–Kier alpha value is -0.950. The number of rotatable bonds is 7. The molecule has 0 bridgehead atoms. The number of benzene rings is 1. The summed E-state index contributed by atoms with van der Waals surface area (Å²) in [6, 6.07) is 2.43. The summed E-state index contributed by atoms with van der Waals surface area (Å²) in [7, 11) is 0. The van der Waals surface area contributed by atoms with E-state index in [1.54, 1.807) is 11.8 Å². The highest BCUT2D eigenvalue weighted by molar-refractivity contribution is 7.99. The quantitative estimate of drug-likeness (QED) is 0.598. The summed E-state index contributed by atoms with van der Waals surface area (Å²) in [6.07, 6.45) is -3.83. The van der Waals surface area contributed by atoms with Crippen LogP contribution in [0.5, 0.6) is 0 Å². The monoisotopic (exact) mass is 297 g/mol. The highest BCUT2D eigenvalue weighted by Crippen LogP contribution is 2.31. The zero-order valence-electron chi connectivity index (χ0n) is 10.1. The Morgan fingerprint density at radius 3 is 2.53 bits per heavy atom. The molecule has 0 aliphatic carbocycles. The molecule has 0 aliphatic heterocycles. The van der Waals surface area contributed by atoms with Gasteiger partial charge in [0.25, 0.3) is 0 Å². The van der Waals surface area contributed by atoms with E-state index in [1.165, 1.54) is 0 Å². The largest absolute Gasteiger partial charge is 0.416 e. The highest BCUT2D eigenvalue weighted by atomic mass is 32.2. The third-order valence-electron chi connectivity index (χ3n) is 2.31. The molecular formula is C12H15F4NOS. The third-order valence-corrected chi connectivity index (χ3v) is 3.38. The number of hydrogen-bond donors (Lipinski definition) is 2. The van der Waals surface area contributed by atoms with E-state index < -0.39 is 17.6 Å². The van der Waals surface area contributed by atoms with Gasteiger partial charge in [-0.05, 0) is 30.4 Å². The van der Waals surface area contributed by atoms with E-state index >= 15 is 0 Å². The molecule has 0 saturated heterocycles. The van der Waals surface area contributed by atoms with E-state index in [1.807, 2.05) is 0 Å². The number of aliphatic hydroxyl groups is 1. The van der Waals surface area contributed by atoms with Crippen molar-refractivity contribution >= 4 is 17.4 Å². The van der Waals surface area contributed by atoms with E-state index in [4.69, 9.17) is 5.11 Å². The normalized spacial score (nSPS) is 11.6. The van der Waals surface area contributed by atoms with Crippen molar-refractivity contribution in [2.45, 2.75) is 12.6 Å². The maximum atomic E-state index is 13.4. The fourth-order valence-corrected chi connectivity index (χ4v) is 2.15. The van der Waals surface area contributed by atoms with Crippen LogP contribution in [0.4, 0.5) is 23.2 Å². The summed E-state index contributed by atoms with van der Waals surface area (Å²) in [6.45, 7) is 0.590. The molecule has 108 valence electrons. The Morgan fingerprint density at radius 2 is 1.95 bits per heavy atom. The van der Waals surface area contributed by atoms with Crippen LogP contribution in [0.2, 0.25) is 0 Å². The molecule has 1 rings (SSSR count). The minimum atomic E-state index is -4.53. The van der Waals surface area contributed by atoms with Crippen molar-refractivity contribution in [2.24, 2.45) is 0 Å². The molecule has 19 heavy (non-hydrogen) atoms. The first-order chi connectivity index (χ1) is 8.95. The van der Waals surface area contributed by atoms with Crippen molar-refractivity contribution in [1.82, 2.24) is 0 Å². The van der Waals surface area contributed by atoms with E-state index in [9.17, 15) is 17.6 Å². The van der Waals surface area contributed by atoms with Crippen LogP contribution in [0.15, 0.2) is 18.2 Å². The molecular weight excluding hydrogens is 282 g/mol. The zero-order valence-corrected chi connectivity index (χ0v) is 11.0. The average molecular weight is 297 g/mol. The lowest BCUT2D eigenvalue weighted by Crippen LogP contribution is -2.09. The topological polar surface area (TPSA) is 32.3 Å². The first kappa shape index (κ1) is 16.1. The molecule has 0 amide bonds. The number of hydrogen-bond acceptors (Lipinski definition) is 3. The van der Waals surface area contributed by atoms with Crippen molar-refractivity contribution in [2.75, 3.05) is 30.0 Å². The standard InChI is InChI=1S/C12H15F4NOS/c13-10-8-9(12(14,15)16)2-3-11(10)17-4-7-19-6-1-5-18/h2-3,8,17-18H,1,4-7H2. The van der Waals surface area contributed by atoms with Gasteiger partial charge in [0.05, 0.1) is 11.3 Å². The second-order valence-electron chi connectivity index (χ2n) is 3.81. The summed E-state index contributed by atoms with van der Waals surface area (Å²) < 4.78 is 50.3. The van der Waals surface area contributed by atoms with Gasteiger partial charge >= 0.3 is 6.18 Å². The number of anilines is 1. The molecule has 0 atom stereocenters. The fraction of sp³-hybridized carbons (Fsp3) is 0.500. The lowest BCUT2D eigenvalue weighted by atomic mass is 10.2. The Labute approximate surface area is 113 Å². The Kier molecular flexibility index (Phi) is 6.44. The molecule has 0 spiro atoms. The van der Waals surface area contributed by atoms with E-state index in [2.05, 4.69) is 5.32 Å². The maximum absolute atomic E-state index is 13.4. The number of aliphatic hydroxyl groups excluding tert-OH is 1. The number of nitrogens with one attached hydrogen (secondary N) is 1. The molecule has 1 aromatic carbocycles. The Balaban J connectivity index is 2.43. The van der Waals surface area contributed by atoms with Gasteiger partial charge in [-0.2, -0.15) is 24.9 Å². The predicted molar refractivity (Wildman–Crippen MR) is 68.9 cm³/mol. The molecule has 0 radical (unpaired) electrons. The molecule has 7 heteroatoms. The first-order valence-corrected chi connectivity index (χ1v) is 6.90. The van der Waals surface area contributed by atoms with Crippen LogP contribution in [0.25, 0.3) is 0 Å². The number of halogens is 4. The van der Waals surface area contributed by atoms with Crippen LogP contribution < -0.4 is 5.32 Å². The summed E-state index contributed by atoms with van der Waals surface area (Å²) in [5.41, 5.74) is -0.927. The summed E-state index contributed by atoms with van der Waals surface area (Å²) in [4.78, 5) is 0. The average Bonchev–Trinajstić information content (AvgIpc) is 2.34. The predicted octanol–water partition coefficient (Wildman–Crippen LogP) is 3.37. The van der Waals surface area contributed by atoms with Crippen LogP contribution in [0, 0.1) is 5.82 Å². The van der Waals surface area contributed by atoms with Crippen LogP contribution in [0.3, 0.4) is 0 Å². The number of alkyl halides is 3. The van der Waals surface area contributed by atoms with Gasteiger partial charge in [-0.3, -0.25) is 0 Å². The summed E-state index contributed by atoms with van der Waals surface area (Å²) >= 11 is 1.59. The van der Waals surface area contributed by atoms with Crippen molar-refractivity contribution in [3.63, 3.8) is 0 Å². The first-order valence-electron chi connectivity index (χ1n) is 5.74. The van der Waals surface area contributed by atoms with Crippen LogP contribution in [0.1, 0.15) is 12.0 Å². The SMILES string of the molecule is OCCCSCCNc1ccc(C(F)(F)F)cc1F. The fourth-order valence-electron chi connectivity index (χ4n) is 1.36. The van der Waals surface area contributed by atoms with Gasteiger partial charge in [0.15, 0.2) is 0 Å². The van der Waals surface area contributed by atoms with Crippen molar-refractivity contribution in [1.29, 1.82) is 0 Å². The van der Waals surface area contributed by atoms with Gasteiger partial charge in [0.2, 0.25) is 0 Å². The van der Waals surface area contributed by atoms with Crippen molar-refractivity contribution in [3.8, 4) is 0 Å². The maximum Gasteiger partial charge on any atom is 0.416 e. The van der Waals surface area contributed by atoms with E-state index in [0.717, 1.165) is 17.9 Å². The lowest BCUT2D eigenvalue weighted by Gasteiger charge is -2.10. The summed E-state index contributed by atoms with van der Waals surface area (Å²) in [5.74, 6) is 0.587. The molecule has 0 fully saturated rings. The van der Waals surface area contributed by atoms with Crippen LogP contribution in [-0.4, -0.2) is 29.8 Å². The van der Waals surface area contributed by atoms with Crippen molar-refractivity contribution < 1.29 is 22.7 Å². The second-order valence-corrected chi connectivity index (χ2v) is 5.03. The second kappa shape index (κ2) is 7.59. The van der Waals surface area contributed by atoms with Gasteiger partial charge in [-0.1, -0.05) is 0 Å². The molecule has 0 aromatic heterocycles. The van der Waals surface area contributed by atoms with E-state index in [-0.39, 0.29) is 12.3 Å². The molecule has 2 nitrogen and oxygen atoms in total. The van der Waals surface area contributed by atoms with Crippen LogP contribution >= 0.6 is 11.8 Å². The minimum Gasteiger partial charge on any atom is -0.396 e. The van der Waals surface area contributed by atoms with Gasteiger partial charge in [-0.25, -0.2) is 4.39 Å². The molecule has 0 heterocycles. The van der Waals surface area contributed by atoms with Gasteiger partial charge in [0.1, 0.15) is 5.82 Å². The molecule has 0 unspecified atom stereocenters. The summed E-state index contributed by atoms with van der Waals surface area (Å²) in [5, 5.41) is 11.3. The van der Waals surface area contributed by atoms with Crippen LogP contribution in [-0.2, 0) is 6.18 Å². The highest BCUT2D eigenvalue weighted by Gasteiger charge is 2.31. The molecule has 0 saturated carbocycles. The smallest absolute Gasteiger partial charge is 0.396 e. The molecule has 2 N–H and O–H groups in total. The van der Waals surface area contributed by atoms with E-state index in [0.29, 0.717) is 24.8 Å². The van der Waals surface area contributed by atoms with Gasteiger partial charge in [-0.15, -0.1) is 0 Å². The number of thioether (sulfide) groups is 1. The Morgan fingerprint density at radius 1 is 1.21 bits per heavy atom. The van der Waals surface area contributed by atoms with Gasteiger partial charge in [0, 0.05) is 18.9 Å².